The fourth-order valence-corrected chi connectivity index (χ4v) is 2.61. The largest absolute Gasteiger partial charge is 0.492 e. The summed E-state index contributed by atoms with van der Waals surface area (Å²) in [6.45, 7) is 3.03. The van der Waals surface area contributed by atoms with Crippen LogP contribution in [0.25, 0.3) is 0 Å². The Morgan fingerprint density at radius 1 is 1.50 bits per heavy atom. The van der Waals surface area contributed by atoms with Gasteiger partial charge in [-0.3, -0.25) is 9.69 Å². The zero-order valence-corrected chi connectivity index (χ0v) is 13.0. The molecule has 0 spiro atoms. The minimum Gasteiger partial charge on any atom is -0.492 e. The average Bonchev–Trinajstić information content (AvgIpc) is 2.52. The highest BCUT2D eigenvalue weighted by Crippen LogP contribution is 2.11. The van der Waals surface area contributed by atoms with Crippen molar-refractivity contribution in [3.05, 3.63) is 30.1 Å². The van der Waals surface area contributed by atoms with Crippen molar-refractivity contribution in [1.82, 2.24) is 15.5 Å². The van der Waals surface area contributed by atoms with Crippen LogP contribution in [0.5, 0.6) is 5.75 Å². The predicted molar refractivity (Wildman–Crippen MR) is 83.4 cm³/mol. The molecule has 1 unspecified atom stereocenters. The molecule has 5 nitrogen and oxygen atoms in total. The molecule has 122 valence electrons. The third-order valence-corrected chi connectivity index (χ3v) is 3.77. The van der Waals surface area contributed by atoms with E-state index in [1.165, 1.54) is 12.1 Å². The maximum absolute atomic E-state index is 13.0. The van der Waals surface area contributed by atoms with Crippen LogP contribution >= 0.6 is 0 Å². The fourth-order valence-electron chi connectivity index (χ4n) is 2.61. The molecule has 1 aromatic carbocycles. The zero-order valence-electron chi connectivity index (χ0n) is 13.0. The first-order valence-corrected chi connectivity index (χ1v) is 7.72. The van der Waals surface area contributed by atoms with Gasteiger partial charge in [-0.15, -0.1) is 0 Å². The van der Waals surface area contributed by atoms with Crippen molar-refractivity contribution in [3.63, 3.8) is 0 Å². The van der Waals surface area contributed by atoms with Crippen LogP contribution in [-0.2, 0) is 4.79 Å². The number of ether oxygens (including phenoxy) is 1. The molecule has 0 saturated carbocycles. The van der Waals surface area contributed by atoms with Crippen molar-refractivity contribution in [2.45, 2.75) is 18.9 Å². The number of halogens is 1. The fraction of sp³-hybridized carbons (Fsp3) is 0.562. The van der Waals surface area contributed by atoms with Crippen molar-refractivity contribution < 1.29 is 13.9 Å². The number of amides is 1. The van der Waals surface area contributed by atoms with Gasteiger partial charge in [-0.1, -0.05) is 6.07 Å². The van der Waals surface area contributed by atoms with Crippen LogP contribution in [0.3, 0.4) is 0 Å². The van der Waals surface area contributed by atoms with E-state index in [2.05, 4.69) is 15.5 Å². The highest BCUT2D eigenvalue weighted by Gasteiger charge is 2.19. The third-order valence-electron chi connectivity index (χ3n) is 3.77. The molecule has 1 saturated heterocycles. The summed E-state index contributed by atoms with van der Waals surface area (Å²) >= 11 is 0. The van der Waals surface area contributed by atoms with Gasteiger partial charge in [0.1, 0.15) is 18.2 Å². The highest BCUT2D eigenvalue weighted by atomic mass is 19.1. The van der Waals surface area contributed by atoms with Gasteiger partial charge in [0.2, 0.25) is 5.91 Å². The Labute approximate surface area is 130 Å². The van der Waals surface area contributed by atoms with Crippen molar-refractivity contribution >= 4 is 5.91 Å². The normalized spacial score (nSPS) is 18.9. The van der Waals surface area contributed by atoms with Crippen LogP contribution in [0.15, 0.2) is 24.3 Å². The summed E-state index contributed by atoms with van der Waals surface area (Å²) in [5, 5.41) is 6.09. The molecule has 1 fully saturated rings. The Kier molecular flexibility index (Phi) is 6.61. The molecule has 0 radical (unpaired) electrons. The van der Waals surface area contributed by atoms with E-state index in [4.69, 9.17) is 4.74 Å². The minimum absolute atomic E-state index is 0.000375. The summed E-state index contributed by atoms with van der Waals surface area (Å²) in [5.41, 5.74) is 0. The van der Waals surface area contributed by atoms with Gasteiger partial charge in [0, 0.05) is 18.7 Å². The molecule has 0 bridgehead atoms. The summed E-state index contributed by atoms with van der Waals surface area (Å²) < 4.78 is 18.3. The number of nitrogens with one attached hydrogen (secondary N) is 2. The Hall–Kier alpha value is -1.66. The summed E-state index contributed by atoms with van der Waals surface area (Å²) in [7, 11) is 1.96. The first-order chi connectivity index (χ1) is 10.7. The molecule has 0 aromatic heterocycles. The topological polar surface area (TPSA) is 53.6 Å². The van der Waals surface area contributed by atoms with Crippen LogP contribution in [0.1, 0.15) is 12.8 Å². The molecule has 1 amide bonds. The number of hydrogen-bond acceptors (Lipinski definition) is 4. The molecular formula is C16H24FN3O2. The van der Waals surface area contributed by atoms with Crippen LogP contribution < -0.4 is 15.4 Å². The lowest BCUT2D eigenvalue weighted by atomic mass is 10.1. The maximum Gasteiger partial charge on any atom is 0.234 e. The van der Waals surface area contributed by atoms with Crippen LogP contribution in [-0.4, -0.2) is 56.7 Å². The van der Waals surface area contributed by atoms with E-state index in [-0.39, 0.29) is 11.7 Å². The zero-order chi connectivity index (χ0) is 15.8. The highest BCUT2D eigenvalue weighted by molar-refractivity contribution is 5.78. The number of nitrogens with zero attached hydrogens (tertiary/aromatic N) is 1. The molecule has 6 heteroatoms. The van der Waals surface area contributed by atoms with E-state index < -0.39 is 0 Å². The van der Waals surface area contributed by atoms with Crippen LogP contribution in [0.4, 0.5) is 4.39 Å². The molecule has 22 heavy (non-hydrogen) atoms. The maximum atomic E-state index is 13.0. The van der Waals surface area contributed by atoms with Gasteiger partial charge >= 0.3 is 0 Å². The third kappa shape index (κ3) is 5.61. The molecule has 1 aliphatic heterocycles. The molecule has 2 rings (SSSR count). The van der Waals surface area contributed by atoms with Crippen LogP contribution in [0.2, 0.25) is 0 Å². The number of piperidine rings is 1. The second-order valence-electron chi connectivity index (χ2n) is 5.52. The summed E-state index contributed by atoms with van der Waals surface area (Å²) in [5.74, 6) is 0.146. The first kappa shape index (κ1) is 16.7. The van der Waals surface area contributed by atoms with E-state index >= 15 is 0 Å². The quantitative estimate of drug-likeness (QED) is 0.738. The number of benzene rings is 1. The predicted octanol–water partition coefficient (Wildman–Crippen LogP) is 1.00. The van der Waals surface area contributed by atoms with E-state index in [1.807, 2.05) is 7.05 Å². The van der Waals surface area contributed by atoms with E-state index in [1.54, 1.807) is 12.1 Å². The van der Waals surface area contributed by atoms with E-state index in [9.17, 15) is 9.18 Å². The standard InChI is InChI=1S/C16H24FN3O2/c1-18-14-5-3-8-20(11-14)12-16(21)19-7-9-22-15-6-2-4-13(17)10-15/h2,4,6,10,14,18H,3,5,7-9,11-12H2,1H3,(H,19,21). The molecule has 1 heterocycles. The lowest BCUT2D eigenvalue weighted by Gasteiger charge is -2.31. The second-order valence-corrected chi connectivity index (χ2v) is 5.52. The Morgan fingerprint density at radius 2 is 2.36 bits per heavy atom. The summed E-state index contributed by atoms with van der Waals surface area (Å²) in [6.07, 6.45) is 2.28. The van der Waals surface area contributed by atoms with Crippen molar-refractivity contribution in [2.75, 3.05) is 39.8 Å². The first-order valence-electron chi connectivity index (χ1n) is 7.72. The molecule has 1 atom stereocenters. The van der Waals surface area contributed by atoms with Crippen LogP contribution in [0, 0.1) is 5.82 Å². The monoisotopic (exact) mass is 309 g/mol. The lowest BCUT2D eigenvalue weighted by molar-refractivity contribution is -0.122. The number of likely N-dealkylation sites (tertiary alicyclic amines) is 1. The number of rotatable bonds is 7. The molecule has 1 aliphatic rings. The van der Waals surface area contributed by atoms with Crippen molar-refractivity contribution in [3.8, 4) is 5.75 Å². The molecular weight excluding hydrogens is 285 g/mol. The number of hydrogen-bond donors (Lipinski definition) is 2. The van der Waals surface area contributed by atoms with Gasteiger partial charge in [-0.25, -0.2) is 4.39 Å². The van der Waals surface area contributed by atoms with E-state index in [0.29, 0.717) is 31.5 Å². The lowest BCUT2D eigenvalue weighted by Crippen LogP contribution is -2.48. The molecule has 2 N–H and O–H groups in total. The summed E-state index contributed by atoms with van der Waals surface area (Å²) in [6, 6.07) is 6.45. The van der Waals surface area contributed by atoms with Gasteiger partial charge in [-0.2, -0.15) is 0 Å². The smallest absolute Gasteiger partial charge is 0.234 e. The Balaban J connectivity index is 1.61. The minimum atomic E-state index is -0.328. The average molecular weight is 309 g/mol. The van der Waals surface area contributed by atoms with Crippen molar-refractivity contribution in [1.29, 1.82) is 0 Å². The van der Waals surface area contributed by atoms with Gasteiger partial charge in [0.15, 0.2) is 0 Å². The Bertz CT molecular complexity index is 484. The molecule has 0 aliphatic carbocycles. The Morgan fingerprint density at radius 3 is 3.14 bits per heavy atom. The van der Waals surface area contributed by atoms with Crippen molar-refractivity contribution in [2.24, 2.45) is 0 Å². The summed E-state index contributed by atoms with van der Waals surface area (Å²) in [4.78, 5) is 14.0. The number of carbonyl (C=O) groups is 1. The second kappa shape index (κ2) is 8.70. The van der Waals surface area contributed by atoms with Gasteiger partial charge in [0.05, 0.1) is 13.1 Å². The van der Waals surface area contributed by atoms with Gasteiger partial charge in [-0.05, 0) is 38.6 Å². The number of carbonyl (C=O) groups excluding carboxylic acids is 1. The van der Waals surface area contributed by atoms with Gasteiger partial charge in [0.25, 0.3) is 0 Å². The number of likely N-dealkylation sites (N-methyl/N-ethyl adjacent to an activating group) is 1. The van der Waals surface area contributed by atoms with E-state index in [0.717, 1.165) is 25.9 Å². The van der Waals surface area contributed by atoms with Gasteiger partial charge < -0.3 is 15.4 Å². The SMILES string of the molecule is CNC1CCCN(CC(=O)NCCOc2cccc(F)c2)C1. The molecule has 1 aromatic rings.